The predicted molar refractivity (Wildman–Crippen MR) is 94.4 cm³/mol. The molecule has 1 unspecified atom stereocenters. The van der Waals surface area contributed by atoms with E-state index in [-0.39, 0.29) is 23.3 Å². The van der Waals surface area contributed by atoms with E-state index in [2.05, 4.69) is 5.32 Å². The highest BCUT2D eigenvalue weighted by Crippen LogP contribution is 2.52. The zero-order valence-electron chi connectivity index (χ0n) is 15.2. The van der Waals surface area contributed by atoms with Gasteiger partial charge in [-0.25, -0.2) is 9.18 Å². The normalized spacial score (nSPS) is 20.8. The number of methoxy groups -OCH3 is 1. The van der Waals surface area contributed by atoms with Crippen molar-refractivity contribution < 1.29 is 31.9 Å². The van der Waals surface area contributed by atoms with Gasteiger partial charge < -0.3 is 10.1 Å². The molecular weight excluding hydrogens is 390 g/mol. The first-order chi connectivity index (χ1) is 13.7. The fourth-order valence-electron chi connectivity index (χ4n) is 4.24. The summed E-state index contributed by atoms with van der Waals surface area (Å²) in [6.45, 7) is 0. The van der Waals surface area contributed by atoms with Gasteiger partial charge in [0, 0.05) is 11.3 Å². The minimum absolute atomic E-state index is 0.126. The van der Waals surface area contributed by atoms with Crippen LogP contribution in [0.15, 0.2) is 53.7 Å². The Morgan fingerprint density at radius 3 is 2.45 bits per heavy atom. The van der Waals surface area contributed by atoms with Gasteiger partial charge in [0.1, 0.15) is 5.82 Å². The number of alkyl halides is 3. The van der Waals surface area contributed by atoms with Gasteiger partial charge in [0.2, 0.25) is 0 Å². The fraction of sp³-hybridized carbons (Fsp3) is 0.238. The first-order valence-corrected chi connectivity index (χ1v) is 8.79. The number of amides is 1. The minimum atomic E-state index is -4.61. The van der Waals surface area contributed by atoms with E-state index in [0.717, 1.165) is 12.1 Å². The maximum atomic E-state index is 13.5. The summed E-state index contributed by atoms with van der Waals surface area (Å²) in [5.41, 5.74) is -0.726. The van der Waals surface area contributed by atoms with Crippen LogP contribution in [-0.4, -0.2) is 19.0 Å². The summed E-state index contributed by atoms with van der Waals surface area (Å²) in [6.07, 6.45) is -4.04. The Hall–Kier alpha value is -3.16. The van der Waals surface area contributed by atoms with Gasteiger partial charge in [-0.1, -0.05) is 18.2 Å². The Bertz CT molecular complexity index is 1060. The molecule has 0 spiro atoms. The van der Waals surface area contributed by atoms with Crippen molar-refractivity contribution >= 4 is 11.9 Å². The second kappa shape index (κ2) is 6.43. The third-order valence-electron chi connectivity index (χ3n) is 5.54. The monoisotopic (exact) mass is 405 g/mol. The molecule has 1 amide bonds. The van der Waals surface area contributed by atoms with Gasteiger partial charge in [-0.2, -0.15) is 13.2 Å². The molecule has 8 heteroatoms. The number of hydrogen-bond acceptors (Lipinski definition) is 3. The Labute approximate surface area is 163 Å². The number of esters is 1. The lowest BCUT2D eigenvalue weighted by molar-refractivity contribution is -0.138. The van der Waals surface area contributed by atoms with Crippen LogP contribution in [0.3, 0.4) is 0 Å². The molecule has 0 saturated heterocycles. The van der Waals surface area contributed by atoms with Crippen LogP contribution >= 0.6 is 0 Å². The fourth-order valence-corrected chi connectivity index (χ4v) is 4.24. The zero-order valence-corrected chi connectivity index (χ0v) is 15.2. The van der Waals surface area contributed by atoms with Crippen molar-refractivity contribution in [2.45, 2.75) is 24.4 Å². The molecule has 150 valence electrons. The third kappa shape index (κ3) is 2.82. The smallest absolute Gasteiger partial charge is 0.416 e. The van der Waals surface area contributed by atoms with Crippen LogP contribution < -0.4 is 5.32 Å². The molecule has 1 aliphatic carbocycles. The zero-order chi connectivity index (χ0) is 21.0. The van der Waals surface area contributed by atoms with E-state index in [1.807, 2.05) is 0 Å². The lowest BCUT2D eigenvalue weighted by Gasteiger charge is -2.39. The number of carbonyl (C=O) groups is 2. The standard InChI is InChI=1S/C21H15F4NO3/c1-29-19(28)14-8-9-20(11-2-5-13(22)6-3-11)16-7-4-12(21(23,24)25)10-15(16)18(27)26-17(14)20/h2-7,10H,8-9H2,1H3,(H,26,27). The molecule has 4 nitrogen and oxygen atoms in total. The quantitative estimate of drug-likeness (QED) is 0.605. The van der Waals surface area contributed by atoms with Crippen LogP contribution in [-0.2, 0) is 21.1 Å². The molecule has 0 fully saturated rings. The molecule has 29 heavy (non-hydrogen) atoms. The van der Waals surface area contributed by atoms with E-state index in [1.54, 1.807) is 0 Å². The summed E-state index contributed by atoms with van der Waals surface area (Å²) >= 11 is 0. The highest BCUT2D eigenvalue weighted by atomic mass is 19.4. The van der Waals surface area contributed by atoms with Gasteiger partial charge in [0.05, 0.1) is 23.7 Å². The highest BCUT2D eigenvalue weighted by Gasteiger charge is 2.51. The van der Waals surface area contributed by atoms with Gasteiger partial charge in [-0.3, -0.25) is 4.79 Å². The number of nitrogens with one attached hydrogen (secondary N) is 1. The molecule has 0 aromatic heterocycles. The van der Waals surface area contributed by atoms with Crippen LogP contribution in [0.4, 0.5) is 17.6 Å². The van der Waals surface area contributed by atoms with Gasteiger partial charge in [0.25, 0.3) is 5.91 Å². The lowest BCUT2D eigenvalue weighted by Crippen LogP contribution is -2.44. The van der Waals surface area contributed by atoms with E-state index < -0.39 is 34.8 Å². The van der Waals surface area contributed by atoms with E-state index in [9.17, 15) is 27.2 Å². The molecular formula is C21H15F4NO3. The summed E-state index contributed by atoms with van der Waals surface area (Å²) in [7, 11) is 1.21. The number of benzene rings is 2. The molecule has 2 aromatic rings. The molecule has 0 saturated carbocycles. The summed E-state index contributed by atoms with van der Waals surface area (Å²) in [5, 5.41) is 2.61. The van der Waals surface area contributed by atoms with E-state index in [0.29, 0.717) is 17.5 Å². The Balaban J connectivity index is 2.02. The maximum absolute atomic E-state index is 13.5. The van der Waals surface area contributed by atoms with Crippen molar-refractivity contribution in [1.82, 2.24) is 5.32 Å². The molecule has 1 aliphatic heterocycles. The third-order valence-corrected chi connectivity index (χ3v) is 5.54. The average molecular weight is 405 g/mol. The van der Waals surface area contributed by atoms with E-state index >= 15 is 0 Å². The minimum Gasteiger partial charge on any atom is -0.466 e. The number of fused-ring (bicyclic) bond motifs is 3. The molecule has 0 bridgehead atoms. The van der Waals surface area contributed by atoms with Crippen LogP contribution in [0.25, 0.3) is 0 Å². The molecule has 1 atom stereocenters. The van der Waals surface area contributed by atoms with Crippen LogP contribution in [0.2, 0.25) is 0 Å². The Morgan fingerprint density at radius 1 is 1.14 bits per heavy atom. The molecule has 1 N–H and O–H groups in total. The molecule has 2 aromatic carbocycles. The number of hydrogen-bond donors (Lipinski definition) is 1. The number of carbonyl (C=O) groups excluding carboxylic acids is 2. The largest absolute Gasteiger partial charge is 0.466 e. The van der Waals surface area contributed by atoms with Crippen molar-refractivity contribution in [1.29, 1.82) is 0 Å². The highest BCUT2D eigenvalue weighted by molar-refractivity contribution is 6.03. The first-order valence-electron chi connectivity index (χ1n) is 8.79. The predicted octanol–water partition coefficient (Wildman–Crippen LogP) is 4.09. The van der Waals surface area contributed by atoms with Crippen molar-refractivity contribution in [3.63, 3.8) is 0 Å². The number of rotatable bonds is 2. The molecule has 4 rings (SSSR count). The summed E-state index contributed by atoms with van der Waals surface area (Å²) in [6, 6.07) is 8.47. The second-order valence-electron chi connectivity index (χ2n) is 6.97. The molecule has 1 heterocycles. The van der Waals surface area contributed by atoms with Crippen molar-refractivity contribution in [3.05, 3.63) is 81.8 Å². The summed E-state index contributed by atoms with van der Waals surface area (Å²) in [4.78, 5) is 24.9. The van der Waals surface area contributed by atoms with E-state index in [1.165, 1.54) is 37.4 Å². The number of allylic oxidation sites excluding steroid dienone is 1. The van der Waals surface area contributed by atoms with Crippen LogP contribution in [0, 0.1) is 5.82 Å². The van der Waals surface area contributed by atoms with Crippen LogP contribution in [0.5, 0.6) is 0 Å². The van der Waals surface area contributed by atoms with Gasteiger partial charge >= 0.3 is 12.1 Å². The SMILES string of the molecule is COC(=O)C1=C2NC(=O)c3cc(C(F)(F)F)ccc3C2(c2ccc(F)cc2)CC1. The number of halogens is 4. The van der Waals surface area contributed by atoms with Gasteiger partial charge in [-0.05, 0) is 48.2 Å². The summed E-state index contributed by atoms with van der Waals surface area (Å²) < 4.78 is 57.9. The lowest BCUT2D eigenvalue weighted by atomic mass is 9.68. The first kappa shape index (κ1) is 19.2. The second-order valence-corrected chi connectivity index (χ2v) is 6.97. The van der Waals surface area contributed by atoms with Crippen molar-refractivity contribution in [3.8, 4) is 0 Å². The van der Waals surface area contributed by atoms with E-state index in [4.69, 9.17) is 4.74 Å². The van der Waals surface area contributed by atoms with Crippen LogP contribution in [0.1, 0.15) is 39.9 Å². The Kier molecular flexibility index (Phi) is 4.25. The summed E-state index contributed by atoms with van der Waals surface area (Å²) in [5.74, 6) is -1.84. The topological polar surface area (TPSA) is 55.4 Å². The maximum Gasteiger partial charge on any atom is 0.416 e. The molecule has 2 aliphatic rings. The number of ether oxygens (including phenoxy) is 1. The van der Waals surface area contributed by atoms with Crippen molar-refractivity contribution in [2.75, 3.05) is 7.11 Å². The Morgan fingerprint density at radius 2 is 1.83 bits per heavy atom. The molecule has 0 radical (unpaired) electrons. The van der Waals surface area contributed by atoms with Gasteiger partial charge in [0.15, 0.2) is 0 Å². The average Bonchev–Trinajstić information content (AvgIpc) is 3.07. The van der Waals surface area contributed by atoms with Gasteiger partial charge in [-0.15, -0.1) is 0 Å². The van der Waals surface area contributed by atoms with Crippen molar-refractivity contribution in [2.24, 2.45) is 0 Å².